The molecule has 2 aromatic rings. The van der Waals surface area contributed by atoms with E-state index in [9.17, 15) is 14.7 Å². The second-order valence-electron chi connectivity index (χ2n) is 4.09. The third-order valence-electron chi connectivity index (χ3n) is 3.06. The number of phenols is 1. The van der Waals surface area contributed by atoms with Gasteiger partial charge in [-0.15, -0.1) is 0 Å². The van der Waals surface area contributed by atoms with Crippen LogP contribution in [0.25, 0.3) is 11.0 Å². The Morgan fingerprint density at radius 1 is 1.24 bits per heavy atom. The Bertz CT molecular complexity index is 680. The molecule has 4 nitrogen and oxygen atoms in total. The molecule has 0 aliphatic rings. The van der Waals surface area contributed by atoms with Gasteiger partial charge in [-0.1, -0.05) is 0 Å². The van der Waals surface area contributed by atoms with Crippen molar-refractivity contribution in [2.75, 3.05) is 0 Å². The molecule has 0 saturated heterocycles. The lowest BCUT2D eigenvalue weighted by atomic mass is 10.0. The van der Waals surface area contributed by atoms with Crippen LogP contribution in [0.4, 0.5) is 0 Å². The number of fused-ring (bicyclic) bond motifs is 1. The molecule has 0 amide bonds. The molecule has 1 N–H and O–H groups in total. The van der Waals surface area contributed by atoms with Crippen molar-refractivity contribution in [2.45, 2.75) is 20.8 Å². The van der Waals surface area contributed by atoms with Gasteiger partial charge in [0.2, 0.25) is 0 Å². The lowest BCUT2D eigenvalue weighted by Crippen LogP contribution is -2.07. The van der Waals surface area contributed by atoms with Crippen molar-refractivity contribution in [3.05, 3.63) is 38.7 Å². The molecule has 0 bridgehead atoms. The fourth-order valence-corrected chi connectivity index (χ4v) is 1.84. The van der Waals surface area contributed by atoms with Crippen molar-refractivity contribution in [2.24, 2.45) is 0 Å². The number of benzene rings is 1. The first kappa shape index (κ1) is 11.4. The summed E-state index contributed by atoms with van der Waals surface area (Å²) in [4.78, 5) is 22.5. The average molecular weight is 232 g/mol. The topological polar surface area (TPSA) is 67.5 Å². The zero-order chi connectivity index (χ0) is 12.7. The Kier molecular flexibility index (Phi) is 2.50. The zero-order valence-corrected chi connectivity index (χ0v) is 9.83. The fourth-order valence-electron chi connectivity index (χ4n) is 1.84. The first-order valence-electron chi connectivity index (χ1n) is 5.19. The van der Waals surface area contributed by atoms with Crippen LogP contribution in [0.3, 0.4) is 0 Å². The summed E-state index contributed by atoms with van der Waals surface area (Å²) in [5, 5.41) is 10.4. The van der Waals surface area contributed by atoms with Gasteiger partial charge in [-0.2, -0.15) is 0 Å². The third-order valence-corrected chi connectivity index (χ3v) is 3.06. The molecule has 1 aromatic carbocycles. The summed E-state index contributed by atoms with van der Waals surface area (Å²) in [6, 6.07) is 1.71. The van der Waals surface area contributed by atoms with Crippen LogP contribution in [0.1, 0.15) is 27.0 Å². The van der Waals surface area contributed by atoms with Crippen molar-refractivity contribution >= 4 is 17.3 Å². The van der Waals surface area contributed by atoms with E-state index in [0.29, 0.717) is 22.8 Å². The summed E-state index contributed by atoms with van der Waals surface area (Å²) in [5.41, 5.74) is 1.55. The van der Waals surface area contributed by atoms with E-state index < -0.39 is 5.63 Å². The second kappa shape index (κ2) is 3.73. The number of hydrogen-bond acceptors (Lipinski definition) is 4. The maximum atomic E-state index is 11.6. The molecule has 2 rings (SSSR count). The molecular formula is C13H12O4. The highest BCUT2D eigenvalue weighted by Crippen LogP contribution is 2.31. The molecule has 0 unspecified atom stereocenters. The Hall–Kier alpha value is -2.10. The highest BCUT2D eigenvalue weighted by atomic mass is 16.4. The van der Waals surface area contributed by atoms with Crippen molar-refractivity contribution in [3.8, 4) is 5.75 Å². The van der Waals surface area contributed by atoms with Crippen molar-refractivity contribution in [1.29, 1.82) is 0 Å². The van der Waals surface area contributed by atoms with Crippen molar-refractivity contribution in [1.82, 2.24) is 0 Å². The Labute approximate surface area is 97.5 Å². The minimum Gasteiger partial charge on any atom is -0.507 e. The van der Waals surface area contributed by atoms with E-state index in [1.807, 2.05) is 0 Å². The minimum atomic E-state index is -0.485. The SMILES string of the molecule is Cc1cc2c(C)c(C)c(=O)oc2c(C=O)c1O. The van der Waals surface area contributed by atoms with Gasteiger partial charge in [0.05, 0.1) is 5.56 Å². The minimum absolute atomic E-state index is 0.0280. The van der Waals surface area contributed by atoms with Crippen LogP contribution < -0.4 is 5.63 Å². The summed E-state index contributed by atoms with van der Waals surface area (Å²) in [5.74, 6) is -0.140. The molecule has 0 aliphatic carbocycles. The molecule has 4 heteroatoms. The molecule has 0 atom stereocenters. The number of rotatable bonds is 1. The normalized spacial score (nSPS) is 10.8. The van der Waals surface area contributed by atoms with Crippen LogP contribution in [0.5, 0.6) is 5.75 Å². The van der Waals surface area contributed by atoms with Crippen LogP contribution >= 0.6 is 0 Å². The van der Waals surface area contributed by atoms with Gasteiger partial charge in [-0.3, -0.25) is 4.79 Å². The van der Waals surface area contributed by atoms with Gasteiger partial charge in [0.25, 0.3) is 0 Å². The predicted molar refractivity (Wildman–Crippen MR) is 63.7 cm³/mol. The quantitative estimate of drug-likeness (QED) is 0.604. The molecule has 0 aliphatic heterocycles. The van der Waals surface area contributed by atoms with Crippen LogP contribution in [-0.2, 0) is 0 Å². The van der Waals surface area contributed by atoms with E-state index in [0.717, 1.165) is 5.56 Å². The summed E-state index contributed by atoms with van der Waals surface area (Å²) < 4.78 is 5.08. The monoisotopic (exact) mass is 232 g/mol. The van der Waals surface area contributed by atoms with Crippen molar-refractivity contribution in [3.63, 3.8) is 0 Å². The highest BCUT2D eigenvalue weighted by molar-refractivity contribution is 5.99. The number of hydrogen-bond donors (Lipinski definition) is 1. The fraction of sp³-hybridized carbons (Fsp3) is 0.231. The summed E-state index contributed by atoms with van der Waals surface area (Å²) in [6.45, 7) is 5.16. The van der Waals surface area contributed by atoms with Crippen LogP contribution in [0, 0.1) is 20.8 Å². The summed E-state index contributed by atoms with van der Waals surface area (Å²) in [6.07, 6.45) is 0.502. The molecule has 0 spiro atoms. The largest absolute Gasteiger partial charge is 0.507 e. The van der Waals surface area contributed by atoms with Crippen molar-refractivity contribution < 1.29 is 14.3 Å². The molecular weight excluding hydrogens is 220 g/mol. The Morgan fingerprint density at radius 2 is 1.88 bits per heavy atom. The third kappa shape index (κ3) is 1.53. The van der Waals surface area contributed by atoms with Crippen LogP contribution in [0.2, 0.25) is 0 Å². The lowest BCUT2D eigenvalue weighted by molar-refractivity contribution is 0.112. The number of phenolic OH excluding ortho intramolecular Hbond substituents is 1. The second-order valence-corrected chi connectivity index (χ2v) is 4.09. The van der Waals surface area contributed by atoms with Gasteiger partial charge in [-0.25, -0.2) is 4.79 Å². The average Bonchev–Trinajstić information content (AvgIpc) is 2.30. The number of aromatic hydroxyl groups is 1. The lowest BCUT2D eigenvalue weighted by Gasteiger charge is -2.09. The van der Waals surface area contributed by atoms with E-state index in [1.165, 1.54) is 0 Å². The highest BCUT2D eigenvalue weighted by Gasteiger charge is 2.16. The van der Waals surface area contributed by atoms with E-state index in [-0.39, 0.29) is 16.9 Å². The van der Waals surface area contributed by atoms with Gasteiger partial charge in [-0.05, 0) is 38.0 Å². The summed E-state index contributed by atoms with van der Waals surface area (Å²) >= 11 is 0. The molecule has 0 radical (unpaired) electrons. The molecule has 17 heavy (non-hydrogen) atoms. The van der Waals surface area contributed by atoms with Crippen LogP contribution in [0.15, 0.2) is 15.3 Å². The standard InChI is InChI=1S/C13H12O4/c1-6-4-9-7(2)8(3)13(16)17-12(9)10(5-14)11(6)15/h4-5,15H,1-3H3. The number of carbonyl (C=O) groups excluding carboxylic acids is 1. The zero-order valence-electron chi connectivity index (χ0n) is 9.83. The van der Waals surface area contributed by atoms with E-state index in [1.54, 1.807) is 26.8 Å². The van der Waals surface area contributed by atoms with E-state index >= 15 is 0 Å². The molecule has 0 saturated carbocycles. The molecule has 0 fully saturated rings. The number of aldehydes is 1. The molecule has 1 heterocycles. The van der Waals surface area contributed by atoms with Gasteiger partial charge < -0.3 is 9.52 Å². The van der Waals surface area contributed by atoms with E-state index in [2.05, 4.69) is 0 Å². The molecule has 1 aromatic heterocycles. The predicted octanol–water partition coefficient (Wildman–Crippen LogP) is 2.24. The number of carbonyl (C=O) groups is 1. The maximum absolute atomic E-state index is 11.6. The Balaban J connectivity index is 3.11. The van der Waals surface area contributed by atoms with Gasteiger partial charge >= 0.3 is 5.63 Å². The van der Waals surface area contributed by atoms with Gasteiger partial charge in [0, 0.05) is 10.9 Å². The first-order chi connectivity index (χ1) is 7.97. The maximum Gasteiger partial charge on any atom is 0.339 e. The Morgan fingerprint density at radius 3 is 2.47 bits per heavy atom. The molecule has 88 valence electrons. The van der Waals surface area contributed by atoms with Crippen LogP contribution in [-0.4, -0.2) is 11.4 Å². The van der Waals surface area contributed by atoms with Gasteiger partial charge in [0.15, 0.2) is 11.9 Å². The summed E-state index contributed by atoms with van der Waals surface area (Å²) in [7, 11) is 0. The smallest absolute Gasteiger partial charge is 0.339 e. The first-order valence-corrected chi connectivity index (χ1v) is 5.19. The number of aryl methyl sites for hydroxylation is 2. The van der Waals surface area contributed by atoms with Gasteiger partial charge in [0.1, 0.15) is 5.75 Å². The van der Waals surface area contributed by atoms with E-state index in [4.69, 9.17) is 4.42 Å².